The topological polar surface area (TPSA) is 29.5 Å². The van der Waals surface area contributed by atoms with Crippen LogP contribution in [0.2, 0.25) is 0 Å². The van der Waals surface area contributed by atoms with Crippen molar-refractivity contribution in [2.45, 2.75) is 103 Å². The second-order valence-corrected chi connectivity index (χ2v) is 7.74. The molecule has 0 spiro atoms. The van der Waals surface area contributed by atoms with E-state index in [2.05, 4.69) is 6.07 Å². The van der Waals surface area contributed by atoms with Crippen LogP contribution in [0.1, 0.15) is 101 Å². The Morgan fingerprint density at radius 3 is 1.44 bits per heavy atom. The Bertz CT molecular complexity index is 481. The highest BCUT2D eigenvalue weighted by Gasteiger charge is 2.10. The lowest BCUT2D eigenvalue weighted by Crippen LogP contribution is -1.96. The first kappa shape index (κ1) is 20.1. The van der Waals surface area contributed by atoms with Crippen molar-refractivity contribution < 1.29 is 9.84 Å². The van der Waals surface area contributed by atoms with Crippen molar-refractivity contribution >= 4 is 0 Å². The molecule has 0 unspecified atom stereocenters. The summed E-state index contributed by atoms with van der Waals surface area (Å²) in [4.78, 5) is 0. The molecule has 2 aliphatic rings. The number of ether oxygens (including phenoxy) is 1. The summed E-state index contributed by atoms with van der Waals surface area (Å²) in [6, 6.07) is 4.02. The number of phenolic OH excluding ortho intramolecular Hbond substituents is 1. The van der Waals surface area contributed by atoms with E-state index in [1.165, 1.54) is 83.5 Å². The van der Waals surface area contributed by atoms with Crippen LogP contribution in [0.5, 0.6) is 11.5 Å². The van der Waals surface area contributed by atoms with E-state index in [4.69, 9.17) is 4.74 Å². The molecule has 1 N–H and O–H groups in total. The summed E-state index contributed by atoms with van der Waals surface area (Å²) in [5.41, 5.74) is 2.22. The number of benzene rings is 1. The highest BCUT2D eigenvalue weighted by atomic mass is 16.5. The fourth-order valence-electron chi connectivity index (χ4n) is 3.99. The van der Waals surface area contributed by atoms with Crippen LogP contribution in [0.4, 0.5) is 0 Å². The van der Waals surface area contributed by atoms with Gasteiger partial charge in [-0.1, -0.05) is 77.0 Å². The number of methoxy groups -OCH3 is 1. The van der Waals surface area contributed by atoms with Crippen molar-refractivity contribution in [2.24, 2.45) is 0 Å². The van der Waals surface area contributed by atoms with Crippen LogP contribution in [0.25, 0.3) is 0 Å². The van der Waals surface area contributed by atoms with Crippen LogP contribution in [-0.4, -0.2) is 12.2 Å². The second-order valence-electron chi connectivity index (χ2n) is 7.74. The minimum Gasteiger partial charge on any atom is -0.508 e. The summed E-state index contributed by atoms with van der Waals surface area (Å²) in [7, 11) is 1.75. The van der Waals surface area contributed by atoms with Gasteiger partial charge in [-0.3, -0.25) is 0 Å². The Morgan fingerprint density at radius 2 is 1.00 bits per heavy atom. The van der Waals surface area contributed by atoms with Crippen LogP contribution >= 0.6 is 0 Å². The fourth-order valence-corrected chi connectivity index (χ4v) is 3.99. The Hall–Kier alpha value is -1.18. The largest absolute Gasteiger partial charge is 0.508 e. The lowest BCUT2D eigenvalue weighted by molar-refractivity contribution is 0.403. The first-order valence-corrected chi connectivity index (χ1v) is 10.7. The van der Waals surface area contributed by atoms with E-state index in [1.54, 1.807) is 7.11 Å². The molecule has 0 radical (unpaired) electrons. The van der Waals surface area contributed by atoms with Gasteiger partial charge >= 0.3 is 0 Å². The van der Waals surface area contributed by atoms with Crippen molar-refractivity contribution in [2.75, 3.05) is 7.11 Å². The predicted octanol–water partition coefficient (Wildman–Crippen LogP) is 6.96. The average molecular weight is 347 g/mol. The highest BCUT2D eigenvalue weighted by molar-refractivity contribution is 5.46. The number of hydrogen-bond acceptors (Lipinski definition) is 2. The molecule has 25 heavy (non-hydrogen) atoms. The SMILES string of the molecule is COc1cc2c(O)cc1CCCCCCCCCCCCCCCC2. The van der Waals surface area contributed by atoms with Gasteiger partial charge < -0.3 is 9.84 Å². The third-order valence-electron chi connectivity index (χ3n) is 5.62. The molecule has 0 saturated carbocycles. The van der Waals surface area contributed by atoms with Gasteiger partial charge in [-0.25, -0.2) is 0 Å². The van der Waals surface area contributed by atoms with E-state index in [9.17, 15) is 5.11 Å². The quantitative estimate of drug-likeness (QED) is 0.595. The minimum absolute atomic E-state index is 0.463. The summed E-state index contributed by atoms with van der Waals surface area (Å²) < 4.78 is 5.59. The van der Waals surface area contributed by atoms with Crippen LogP contribution in [0, 0.1) is 0 Å². The summed E-state index contributed by atoms with van der Waals surface area (Å²) in [5, 5.41) is 10.4. The minimum atomic E-state index is 0.463. The monoisotopic (exact) mass is 346 g/mol. The second kappa shape index (κ2) is 12.2. The molecule has 0 saturated heterocycles. The number of aryl methyl sites for hydroxylation is 2. The molecule has 0 fully saturated rings. The Labute approximate surface area is 155 Å². The molecule has 0 aromatic heterocycles. The van der Waals surface area contributed by atoms with E-state index in [1.807, 2.05) is 6.07 Å². The summed E-state index contributed by atoms with van der Waals surface area (Å²) in [5.74, 6) is 1.42. The van der Waals surface area contributed by atoms with Gasteiger partial charge in [-0.2, -0.15) is 0 Å². The van der Waals surface area contributed by atoms with E-state index >= 15 is 0 Å². The molecule has 1 aromatic rings. The molecule has 0 heterocycles. The van der Waals surface area contributed by atoms with E-state index in [0.29, 0.717) is 5.75 Å². The van der Waals surface area contributed by atoms with E-state index < -0.39 is 0 Å². The maximum atomic E-state index is 10.4. The van der Waals surface area contributed by atoms with Gasteiger partial charge in [0.2, 0.25) is 0 Å². The maximum absolute atomic E-state index is 10.4. The first-order chi connectivity index (χ1) is 12.3. The van der Waals surface area contributed by atoms with Crippen LogP contribution in [0.3, 0.4) is 0 Å². The van der Waals surface area contributed by atoms with Gasteiger partial charge in [0, 0.05) is 0 Å². The fraction of sp³-hybridized carbons (Fsp3) is 0.739. The lowest BCUT2D eigenvalue weighted by Gasteiger charge is -2.13. The molecule has 142 valence electrons. The summed E-state index contributed by atoms with van der Waals surface area (Å²) in [6.45, 7) is 0. The van der Waals surface area contributed by atoms with Crippen molar-refractivity contribution in [3.05, 3.63) is 23.3 Å². The zero-order chi connectivity index (χ0) is 17.7. The third-order valence-corrected chi connectivity index (χ3v) is 5.62. The molecular weight excluding hydrogens is 308 g/mol. The normalized spacial score (nSPS) is 19.4. The average Bonchev–Trinajstić information content (AvgIpc) is 2.61. The molecule has 1 aromatic carbocycles. The lowest BCUT2D eigenvalue weighted by atomic mass is 9.98. The third kappa shape index (κ3) is 7.71. The van der Waals surface area contributed by atoms with Crippen molar-refractivity contribution in [1.29, 1.82) is 0 Å². The van der Waals surface area contributed by atoms with E-state index in [0.717, 1.165) is 36.1 Å². The first-order valence-electron chi connectivity index (χ1n) is 10.7. The molecular formula is C23H38O2. The van der Waals surface area contributed by atoms with E-state index in [-0.39, 0.29) is 0 Å². The molecule has 0 amide bonds. The number of aromatic hydroxyl groups is 1. The molecule has 2 aliphatic carbocycles. The molecule has 2 bridgehead atoms. The van der Waals surface area contributed by atoms with Gasteiger partial charge in [-0.05, 0) is 48.9 Å². The van der Waals surface area contributed by atoms with Crippen LogP contribution in [-0.2, 0) is 12.8 Å². The Kier molecular flexibility index (Phi) is 9.84. The van der Waals surface area contributed by atoms with Crippen LogP contribution in [0.15, 0.2) is 12.1 Å². The number of rotatable bonds is 1. The highest BCUT2D eigenvalue weighted by Crippen LogP contribution is 2.31. The van der Waals surface area contributed by atoms with Gasteiger partial charge in [0.15, 0.2) is 0 Å². The molecule has 0 atom stereocenters. The van der Waals surface area contributed by atoms with Crippen molar-refractivity contribution in [3.8, 4) is 11.5 Å². The standard InChI is InChI=1S/C23H38O2/c1-25-23-19-20-16-14-12-10-8-6-4-2-3-5-7-9-11-13-15-17-21(23)18-22(20)24/h18-19,24H,2-17H2,1H3. The zero-order valence-electron chi connectivity index (χ0n) is 16.3. The molecule has 0 aliphatic heterocycles. The van der Waals surface area contributed by atoms with Crippen molar-refractivity contribution in [3.63, 3.8) is 0 Å². The van der Waals surface area contributed by atoms with Crippen molar-refractivity contribution in [1.82, 2.24) is 0 Å². The number of phenols is 1. The number of hydrogen-bond donors (Lipinski definition) is 1. The van der Waals surface area contributed by atoms with Crippen LogP contribution < -0.4 is 4.74 Å². The molecule has 2 heteroatoms. The number of fused-ring (bicyclic) bond motifs is 17. The maximum Gasteiger partial charge on any atom is 0.122 e. The summed E-state index contributed by atoms with van der Waals surface area (Å²) in [6.07, 6.45) is 20.8. The molecule has 2 nitrogen and oxygen atoms in total. The smallest absolute Gasteiger partial charge is 0.122 e. The summed E-state index contributed by atoms with van der Waals surface area (Å²) >= 11 is 0. The van der Waals surface area contributed by atoms with Gasteiger partial charge in [-0.15, -0.1) is 0 Å². The molecule has 3 rings (SSSR count). The van der Waals surface area contributed by atoms with Gasteiger partial charge in [0.25, 0.3) is 0 Å². The Morgan fingerprint density at radius 1 is 0.600 bits per heavy atom. The predicted molar refractivity (Wildman–Crippen MR) is 107 cm³/mol. The Balaban J connectivity index is 1.93. The van der Waals surface area contributed by atoms with Gasteiger partial charge in [0.1, 0.15) is 11.5 Å². The zero-order valence-corrected chi connectivity index (χ0v) is 16.3. The van der Waals surface area contributed by atoms with Gasteiger partial charge in [0.05, 0.1) is 7.11 Å².